The molecule has 4 heteroatoms. The minimum atomic E-state index is 0.716. The van der Waals surface area contributed by atoms with Crippen molar-refractivity contribution in [3.63, 3.8) is 0 Å². The number of halogens is 1. The predicted molar refractivity (Wildman–Crippen MR) is 68.5 cm³/mol. The predicted octanol–water partition coefficient (Wildman–Crippen LogP) is 3.19. The monoisotopic (exact) mass is 245 g/mol. The standard InChI is InChI=1S/C11H16ClNOS/c1-14-5-2-6-15-8-9-3-4-10(13)7-11(9)12/h3-4,7H,2,5-6,8,13H2,1H3. The lowest BCUT2D eigenvalue weighted by atomic mass is 10.2. The zero-order valence-electron chi connectivity index (χ0n) is 8.83. The third-order valence-electron chi connectivity index (χ3n) is 1.97. The summed E-state index contributed by atoms with van der Waals surface area (Å²) < 4.78 is 4.98. The van der Waals surface area contributed by atoms with Gasteiger partial charge in [0.2, 0.25) is 0 Å². The zero-order valence-corrected chi connectivity index (χ0v) is 10.4. The highest BCUT2D eigenvalue weighted by atomic mass is 35.5. The molecule has 0 atom stereocenters. The van der Waals surface area contributed by atoms with Crippen LogP contribution < -0.4 is 5.73 Å². The van der Waals surface area contributed by atoms with E-state index in [0.29, 0.717) is 5.69 Å². The number of hydrogen-bond donors (Lipinski definition) is 1. The molecule has 0 bridgehead atoms. The number of benzene rings is 1. The van der Waals surface area contributed by atoms with Gasteiger partial charge in [-0.3, -0.25) is 0 Å². The first-order chi connectivity index (χ1) is 7.24. The Morgan fingerprint density at radius 1 is 1.47 bits per heavy atom. The van der Waals surface area contributed by atoms with E-state index < -0.39 is 0 Å². The van der Waals surface area contributed by atoms with E-state index >= 15 is 0 Å². The number of thioether (sulfide) groups is 1. The van der Waals surface area contributed by atoms with Gasteiger partial charge in [-0.15, -0.1) is 0 Å². The smallest absolute Gasteiger partial charge is 0.0470 e. The van der Waals surface area contributed by atoms with Crippen molar-refractivity contribution >= 4 is 29.1 Å². The molecule has 2 nitrogen and oxygen atoms in total. The molecule has 0 aliphatic heterocycles. The van der Waals surface area contributed by atoms with Gasteiger partial charge in [0, 0.05) is 30.2 Å². The first-order valence-electron chi connectivity index (χ1n) is 4.84. The Labute approximate surface area is 100 Å². The second-order valence-corrected chi connectivity index (χ2v) is 4.76. The molecule has 15 heavy (non-hydrogen) atoms. The molecule has 0 aliphatic carbocycles. The normalized spacial score (nSPS) is 10.5. The average molecular weight is 246 g/mol. The summed E-state index contributed by atoms with van der Waals surface area (Å²) in [4.78, 5) is 0. The fourth-order valence-corrected chi connectivity index (χ4v) is 2.44. The van der Waals surface area contributed by atoms with Crippen LogP contribution in [-0.4, -0.2) is 19.5 Å². The summed E-state index contributed by atoms with van der Waals surface area (Å²) in [7, 11) is 1.72. The highest BCUT2D eigenvalue weighted by molar-refractivity contribution is 7.98. The molecule has 0 unspecified atom stereocenters. The first-order valence-corrected chi connectivity index (χ1v) is 6.38. The quantitative estimate of drug-likeness (QED) is 0.618. The van der Waals surface area contributed by atoms with Crippen molar-refractivity contribution < 1.29 is 4.74 Å². The Hall–Kier alpha value is -0.380. The van der Waals surface area contributed by atoms with Crippen LogP contribution in [0.4, 0.5) is 5.69 Å². The van der Waals surface area contributed by atoms with Crippen LogP contribution in [0.5, 0.6) is 0 Å². The SMILES string of the molecule is COCCCSCc1ccc(N)cc1Cl. The van der Waals surface area contributed by atoms with Crippen LogP contribution in [0.15, 0.2) is 18.2 Å². The van der Waals surface area contributed by atoms with Gasteiger partial charge in [0.05, 0.1) is 0 Å². The molecule has 0 amide bonds. The third-order valence-corrected chi connectivity index (χ3v) is 3.42. The van der Waals surface area contributed by atoms with E-state index in [0.717, 1.165) is 35.1 Å². The molecule has 1 aromatic rings. The second kappa shape index (κ2) is 6.99. The summed E-state index contributed by atoms with van der Waals surface area (Å²) in [6, 6.07) is 5.67. The number of nitrogens with two attached hydrogens (primary N) is 1. The molecule has 0 saturated carbocycles. The van der Waals surface area contributed by atoms with Crippen LogP contribution in [0.3, 0.4) is 0 Å². The Morgan fingerprint density at radius 2 is 2.27 bits per heavy atom. The Kier molecular flexibility index (Phi) is 5.91. The molecule has 0 fully saturated rings. The van der Waals surface area contributed by atoms with Crippen LogP contribution in [0.2, 0.25) is 5.02 Å². The van der Waals surface area contributed by atoms with Crippen molar-refractivity contribution in [2.45, 2.75) is 12.2 Å². The Bertz CT molecular complexity index is 307. The van der Waals surface area contributed by atoms with Gasteiger partial charge < -0.3 is 10.5 Å². The molecule has 1 aromatic carbocycles. The van der Waals surface area contributed by atoms with Crippen LogP contribution in [0, 0.1) is 0 Å². The average Bonchev–Trinajstić information content (AvgIpc) is 2.20. The highest BCUT2D eigenvalue weighted by Gasteiger charge is 2.00. The maximum absolute atomic E-state index is 6.05. The number of methoxy groups -OCH3 is 1. The molecule has 0 radical (unpaired) electrons. The van der Waals surface area contributed by atoms with Crippen LogP contribution in [0.25, 0.3) is 0 Å². The van der Waals surface area contributed by atoms with Gasteiger partial charge in [0.15, 0.2) is 0 Å². The lowest BCUT2D eigenvalue weighted by molar-refractivity contribution is 0.200. The molecule has 0 aromatic heterocycles. The molecular weight excluding hydrogens is 230 g/mol. The van der Waals surface area contributed by atoms with Gasteiger partial charge in [-0.05, 0) is 29.9 Å². The van der Waals surface area contributed by atoms with Crippen molar-refractivity contribution in [2.24, 2.45) is 0 Å². The van der Waals surface area contributed by atoms with Crippen molar-refractivity contribution in [2.75, 3.05) is 25.2 Å². The lowest BCUT2D eigenvalue weighted by Crippen LogP contribution is -1.92. The summed E-state index contributed by atoms with van der Waals surface area (Å²) in [6.07, 6.45) is 1.08. The number of hydrogen-bond acceptors (Lipinski definition) is 3. The number of rotatable bonds is 6. The first kappa shape index (κ1) is 12.7. The van der Waals surface area contributed by atoms with E-state index in [2.05, 4.69) is 0 Å². The van der Waals surface area contributed by atoms with E-state index in [-0.39, 0.29) is 0 Å². The fourth-order valence-electron chi connectivity index (χ4n) is 1.17. The summed E-state index contributed by atoms with van der Waals surface area (Å²) in [5, 5.41) is 0.759. The molecule has 2 N–H and O–H groups in total. The summed E-state index contributed by atoms with van der Waals surface area (Å²) in [5.41, 5.74) is 7.48. The number of ether oxygens (including phenoxy) is 1. The molecule has 0 saturated heterocycles. The topological polar surface area (TPSA) is 35.2 Å². The Morgan fingerprint density at radius 3 is 2.93 bits per heavy atom. The third kappa shape index (κ3) is 4.78. The van der Waals surface area contributed by atoms with Gasteiger partial charge >= 0.3 is 0 Å². The van der Waals surface area contributed by atoms with Gasteiger partial charge in [-0.1, -0.05) is 17.7 Å². The number of anilines is 1. The number of nitrogen functional groups attached to an aromatic ring is 1. The van der Waals surface area contributed by atoms with Crippen molar-refractivity contribution in [3.8, 4) is 0 Å². The fraction of sp³-hybridized carbons (Fsp3) is 0.455. The second-order valence-electron chi connectivity index (χ2n) is 3.25. The minimum Gasteiger partial charge on any atom is -0.399 e. The highest BCUT2D eigenvalue weighted by Crippen LogP contribution is 2.23. The molecule has 1 rings (SSSR count). The zero-order chi connectivity index (χ0) is 11.1. The van der Waals surface area contributed by atoms with E-state index in [9.17, 15) is 0 Å². The van der Waals surface area contributed by atoms with Gasteiger partial charge in [-0.25, -0.2) is 0 Å². The lowest BCUT2D eigenvalue weighted by Gasteiger charge is -2.05. The maximum atomic E-state index is 6.05. The maximum Gasteiger partial charge on any atom is 0.0470 e. The van der Waals surface area contributed by atoms with Crippen molar-refractivity contribution in [1.29, 1.82) is 0 Å². The molecule has 0 heterocycles. The molecule has 0 aliphatic rings. The van der Waals surface area contributed by atoms with Crippen molar-refractivity contribution in [1.82, 2.24) is 0 Å². The summed E-state index contributed by atoms with van der Waals surface area (Å²) in [6.45, 7) is 0.822. The van der Waals surface area contributed by atoms with Gasteiger partial charge in [-0.2, -0.15) is 11.8 Å². The summed E-state index contributed by atoms with van der Waals surface area (Å²) in [5.74, 6) is 2.03. The van der Waals surface area contributed by atoms with Crippen molar-refractivity contribution in [3.05, 3.63) is 28.8 Å². The van der Waals surface area contributed by atoms with E-state index in [4.69, 9.17) is 22.1 Å². The molecular formula is C11H16ClNOS. The summed E-state index contributed by atoms with van der Waals surface area (Å²) >= 11 is 7.91. The van der Waals surface area contributed by atoms with E-state index in [1.807, 2.05) is 23.9 Å². The van der Waals surface area contributed by atoms with E-state index in [1.165, 1.54) is 0 Å². The molecule has 0 spiro atoms. The van der Waals surface area contributed by atoms with E-state index in [1.54, 1.807) is 13.2 Å². The molecule has 84 valence electrons. The Balaban J connectivity index is 2.31. The van der Waals surface area contributed by atoms with Crippen LogP contribution in [0.1, 0.15) is 12.0 Å². The van der Waals surface area contributed by atoms with Crippen LogP contribution >= 0.6 is 23.4 Å². The van der Waals surface area contributed by atoms with Gasteiger partial charge in [0.1, 0.15) is 0 Å². The van der Waals surface area contributed by atoms with Gasteiger partial charge in [0.25, 0.3) is 0 Å². The largest absolute Gasteiger partial charge is 0.399 e. The minimum absolute atomic E-state index is 0.716. The van der Waals surface area contributed by atoms with Crippen LogP contribution in [-0.2, 0) is 10.5 Å².